The second-order valence-corrected chi connectivity index (χ2v) is 6.43. The number of fused-ring (bicyclic) bond motifs is 1. The molecule has 0 saturated heterocycles. The molecule has 1 aliphatic heterocycles. The highest BCUT2D eigenvalue weighted by Crippen LogP contribution is 2.27. The number of hydrogen-bond donors (Lipinski definition) is 1. The van der Waals surface area contributed by atoms with Gasteiger partial charge in [0.1, 0.15) is 5.82 Å². The van der Waals surface area contributed by atoms with Gasteiger partial charge in [-0.05, 0) is 17.7 Å². The highest BCUT2D eigenvalue weighted by Gasteiger charge is 2.23. The van der Waals surface area contributed by atoms with E-state index in [0.29, 0.717) is 23.8 Å². The lowest BCUT2D eigenvalue weighted by molar-refractivity contribution is -0.131. The lowest BCUT2D eigenvalue weighted by Gasteiger charge is -2.26. The molecule has 7 heteroatoms. The van der Waals surface area contributed by atoms with Crippen LogP contribution in [0.3, 0.4) is 0 Å². The largest absolute Gasteiger partial charge is 0.375 e. The van der Waals surface area contributed by atoms with Crippen LogP contribution < -0.4 is 5.73 Å². The first-order valence-corrected chi connectivity index (χ1v) is 7.68. The summed E-state index contributed by atoms with van der Waals surface area (Å²) in [6, 6.07) is 4.36. The Morgan fingerprint density at radius 3 is 3.10 bits per heavy atom. The SMILES string of the molecule is Nc1nc2c(s1)CN(C(=O)Cc1ccc(F)c(Cl)c1)CC2. The first-order chi connectivity index (χ1) is 10.0. The molecule has 0 unspecified atom stereocenters. The van der Waals surface area contributed by atoms with E-state index < -0.39 is 5.82 Å². The molecule has 0 aliphatic carbocycles. The molecule has 3 rings (SSSR count). The summed E-state index contributed by atoms with van der Waals surface area (Å²) >= 11 is 7.16. The van der Waals surface area contributed by atoms with Crippen molar-refractivity contribution >= 4 is 34.0 Å². The number of carbonyl (C=O) groups excluding carboxylic acids is 1. The smallest absolute Gasteiger partial charge is 0.227 e. The molecule has 1 aromatic carbocycles. The van der Waals surface area contributed by atoms with Crippen LogP contribution in [0.15, 0.2) is 18.2 Å². The lowest BCUT2D eigenvalue weighted by Crippen LogP contribution is -2.36. The van der Waals surface area contributed by atoms with Gasteiger partial charge in [0.25, 0.3) is 0 Å². The van der Waals surface area contributed by atoms with Crippen molar-refractivity contribution in [3.8, 4) is 0 Å². The van der Waals surface area contributed by atoms with Crippen LogP contribution >= 0.6 is 22.9 Å². The quantitative estimate of drug-likeness (QED) is 0.923. The maximum atomic E-state index is 13.1. The van der Waals surface area contributed by atoms with Crippen molar-refractivity contribution in [3.63, 3.8) is 0 Å². The highest BCUT2D eigenvalue weighted by atomic mass is 35.5. The summed E-state index contributed by atoms with van der Waals surface area (Å²) < 4.78 is 13.1. The molecule has 110 valence electrons. The predicted molar refractivity (Wildman–Crippen MR) is 80.8 cm³/mol. The Labute approximate surface area is 130 Å². The Bertz CT molecular complexity index is 704. The minimum atomic E-state index is -0.476. The Balaban J connectivity index is 1.70. The van der Waals surface area contributed by atoms with E-state index >= 15 is 0 Å². The zero-order valence-electron chi connectivity index (χ0n) is 11.1. The summed E-state index contributed by atoms with van der Waals surface area (Å²) in [4.78, 5) is 19.4. The van der Waals surface area contributed by atoms with Gasteiger partial charge in [-0.15, -0.1) is 11.3 Å². The maximum absolute atomic E-state index is 13.1. The van der Waals surface area contributed by atoms with Crippen molar-refractivity contribution in [1.29, 1.82) is 0 Å². The van der Waals surface area contributed by atoms with Crippen molar-refractivity contribution in [2.45, 2.75) is 19.4 Å². The van der Waals surface area contributed by atoms with Crippen LogP contribution in [0.25, 0.3) is 0 Å². The maximum Gasteiger partial charge on any atom is 0.227 e. The second kappa shape index (κ2) is 5.61. The van der Waals surface area contributed by atoms with Crippen molar-refractivity contribution < 1.29 is 9.18 Å². The fourth-order valence-corrected chi connectivity index (χ4v) is 3.46. The van der Waals surface area contributed by atoms with E-state index in [0.717, 1.165) is 17.0 Å². The number of carbonyl (C=O) groups is 1. The number of nitrogen functional groups attached to an aromatic ring is 1. The molecule has 0 atom stereocenters. The monoisotopic (exact) mass is 325 g/mol. The molecule has 0 bridgehead atoms. The molecule has 0 fully saturated rings. The summed E-state index contributed by atoms with van der Waals surface area (Å²) in [6.45, 7) is 1.17. The van der Waals surface area contributed by atoms with Crippen molar-refractivity contribution in [1.82, 2.24) is 9.88 Å². The molecular formula is C14H13ClFN3OS. The molecule has 2 aromatic rings. The fraction of sp³-hybridized carbons (Fsp3) is 0.286. The third-order valence-electron chi connectivity index (χ3n) is 3.44. The normalized spacial score (nSPS) is 14.1. The van der Waals surface area contributed by atoms with E-state index in [-0.39, 0.29) is 17.4 Å². The van der Waals surface area contributed by atoms with Gasteiger partial charge in [-0.1, -0.05) is 17.7 Å². The van der Waals surface area contributed by atoms with Gasteiger partial charge in [0.15, 0.2) is 5.13 Å². The van der Waals surface area contributed by atoms with Gasteiger partial charge in [-0.2, -0.15) is 0 Å². The Kier molecular flexibility index (Phi) is 3.82. The number of amides is 1. The van der Waals surface area contributed by atoms with Gasteiger partial charge in [-0.3, -0.25) is 4.79 Å². The summed E-state index contributed by atoms with van der Waals surface area (Å²) in [6.07, 6.45) is 0.933. The van der Waals surface area contributed by atoms with Crippen molar-refractivity contribution in [2.24, 2.45) is 0 Å². The van der Waals surface area contributed by atoms with E-state index in [4.69, 9.17) is 17.3 Å². The lowest BCUT2D eigenvalue weighted by atomic mass is 10.1. The molecule has 4 nitrogen and oxygen atoms in total. The summed E-state index contributed by atoms with van der Waals surface area (Å²) in [5.74, 6) is -0.481. The van der Waals surface area contributed by atoms with Crippen LogP contribution in [-0.4, -0.2) is 22.3 Å². The molecule has 2 N–H and O–H groups in total. The number of aromatic nitrogens is 1. The molecule has 1 aliphatic rings. The van der Waals surface area contributed by atoms with E-state index in [9.17, 15) is 9.18 Å². The average Bonchev–Trinajstić information content (AvgIpc) is 2.82. The topological polar surface area (TPSA) is 59.2 Å². The van der Waals surface area contributed by atoms with Crippen LogP contribution in [0, 0.1) is 5.82 Å². The number of halogens is 2. The Hall–Kier alpha value is -1.66. The van der Waals surface area contributed by atoms with Crippen LogP contribution in [0.4, 0.5) is 9.52 Å². The molecule has 0 saturated carbocycles. The molecule has 0 radical (unpaired) electrons. The van der Waals surface area contributed by atoms with Crippen LogP contribution in [0.5, 0.6) is 0 Å². The van der Waals surface area contributed by atoms with Gasteiger partial charge in [-0.25, -0.2) is 9.37 Å². The number of benzene rings is 1. The van der Waals surface area contributed by atoms with Gasteiger partial charge in [0.05, 0.1) is 23.7 Å². The molecule has 21 heavy (non-hydrogen) atoms. The zero-order valence-corrected chi connectivity index (χ0v) is 12.7. The highest BCUT2D eigenvalue weighted by molar-refractivity contribution is 7.15. The Morgan fingerprint density at radius 2 is 2.33 bits per heavy atom. The number of thiazole rings is 1. The van der Waals surface area contributed by atoms with E-state index in [1.54, 1.807) is 11.0 Å². The van der Waals surface area contributed by atoms with E-state index in [1.807, 2.05) is 0 Å². The standard InChI is InChI=1S/C14H13ClFN3OS/c15-9-5-8(1-2-10(9)16)6-13(20)19-4-3-11-12(7-19)21-14(17)18-11/h1-2,5H,3-4,6-7H2,(H2,17,18). The molecule has 1 amide bonds. The van der Waals surface area contributed by atoms with Gasteiger partial charge < -0.3 is 10.6 Å². The fourth-order valence-electron chi connectivity index (χ4n) is 2.36. The van der Waals surface area contributed by atoms with Gasteiger partial charge >= 0.3 is 0 Å². The molecule has 0 spiro atoms. The predicted octanol–water partition coefficient (Wildman–Crippen LogP) is 2.65. The second-order valence-electron chi connectivity index (χ2n) is 4.91. The third-order valence-corrected chi connectivity index (χ3v) is 4.64. The first-order valence-electron chi connectivity index (χ1n) is 6.48. The minimum Gasteiger partial charge on any atom is -0.375 e. The minimum absolute atomic E-state index is 0.00436. The summed E-state index contributed by atoms with van der Waals surface area (Å²) in [5.41, 5.74) is 7.39. The number of nitrogens with two attached hydrogens (primary N) is 1. The van der Waals surface area contributed by atoms with Crippen molar-refractivity contribution in [2.75, 3.05) is 12.3 Å². The molecule has 1 aromatic heterocycles. The molecule has 2 heterocycles. The number of anilines is 1. The number of nitrogens with zero attached hydrogens (tertiary/aromatic N) is 2. The van der Waals surface area contributed by atoms with Gasteiger partial charge in [0, 0.05) is 17.8 Å². The van der Waals surface area contributed by atoms with Crippen LogP contribution in [0.2, 0.25) is 5.02 Å². The van der Waals surface area contributed by atoms with E-state index in [2.05, 4.69) is 4.98 Å². The molecular weight excluding hydrogens is 313 g/mol. The third kappa shape index (κ3) is 3.01. The number of hydrogen-bond acceptors (Lipinski definition) is 4. The number of rotatable bonds is 2. The van der Waals surface area contributed by atoms with Gasteiger partial charge in [0.2, 0.25) is 5.91 Å². The zero-order chi connectivity index (χ0) is 15.0. The van der Waals surface area contributed by atoms with E-state index in [1.165, 1.54) is 23.5 Å². The first kappa shape index (κ1) is 14.3. The summed E-state index contributed by atoms with van der Waals surface area (Å²) in [7, 11) is 0. The van der Waals surface area contributed by atoms with Crippen LogP contribution in [-0.2, 0) is 24.2 Å². The Morgan fingerprint density at radius 1 is 1.52 bits per heavy atom. The average molecular weight is 326 g/mol. The summed E-state index contributed by atoms with van der Waals surface area (Å²) in [5, 5.41) is 0.580. The van der Waals surface area contributed by atoms with Crippen LogP contribution in [0.1, 0.15) is 16.1 Å². The van der Waals surface area contributed by atoms with Crippen molar-refractivity contribution in [3.05, 3.63) is 45.2 Å².